The maximum atomic E-state index is 4.24. The second-order valence-electron chi connectivity index (χ2n) is 2.91. The first kappa shape index (κ1) is 11.9. The van der Waals surface area contributed by atoms with E-state index in [0.29, 0.717) is 0 Å². The van der Waals surface area contributed by atoms with Crippen LogP contribution in [0.5, 0.6) is 0 Å². The van der Waals surface area contributed by atoms with Crippen LogP contribution in [0.2, 0.25) is 0 Å². The molecule has 0 spiro atoms. The molecule has 0 heterocycles. The summed E-state index contributed by atoms with van der Waals surface area (Å²) in [5.74, 6) is 0. The van der Waals surface area contributed by atoms with Crippen molar-refractivity contribution in [2.45, 2.75) is 18.7 Å². The van der Waals surface area contributed by atoms with Gasteiger partial charge < -0.3 is 0 Å². The van der Waals surface area contributed by atoms with Crippen molar-refractivity contribution >= 4 is 12.6 Å². The molecule has 2 rings (SSSR count). The van der Waals surface area contributed by atoms with Crippen LogP contribution in [-0.2, 0) is 0 Å². The molecule has 0 N–H and O–H groups in total. The molecule has 0 saturated carbocycles. The Balaban J connectivity index is 0.000000531. The predicted molar refractivity (Wildman–Crippen MR) is 70.5 cm³/mol. The molecule has 1 heteroatoms. The summed E-state index contributed by atoms with van der Waals surface area (Å²) in [6.45, 7) is 4.00. The molecule has 0 saturated heterocycles. The summed E-state index contributed by atoms with van der Waals surface area (Å²) in [5, 5.41) is 0. The Hall–Kier alpha value is -1.21. The van der Waals surface area contributed by atoms with Gasteiger partial charge in [0.1, 0.15) is 0 Å². The standard InChI is InChI=1S/C12H10S.C2H6/c13-12-8-6-11(7-9-12)10-4-2-1-3-5-10;1-2/h1-9,13H;1-2H3. The summed E-state index contributed by atoms with van der Waals surface area (Å²) in [5.41, 5.74) is 2.48. The van der Waals surface area contributed by atoms with Crippen LogP contribution in [-0.4, -0.2) is 0 Å². The Labute approximate surface area is 97.4 Å². The number of hydrogen-bond donors (Lipinski definition) is 1. The van der Waals surface area contributed by atoms with E-state index in [9.17, 15) is 0 Å². The molecule has 0 aromatic heterocycles. The Morgan fingerprint density at radius 2 is 1.13 bits per heavy atom. The number of benzene rings is 2. The van der Waals surface area contributed by atoms with Gasteiger partial charge in [0.2, 0.25) is 0 Å². The van der Waals surface area contributed by atoms with Crippen LogP contribution in [0.4, 0.5) is 0 Å². The molecule has 78 valence electrons. The van der Waals surface area contributed by atoms with Gasteiger partial charge in [-0.1, -0.05) is 56.3 Å². The molecule has 0 aliphatic rings. The highest BCUT2D eigenvalue weighted by Gasteiger charge is 1.94. The second kappa shape index (κ2) is 6.31. The van der Waals surface area contributed by atoms with Crippen LogP contribution in [0, 0.1) is 0 Å². The highest BCUT2D eigenvalue weighted by Crippen LogP contribution is 2.19. The fraction of sp³-hybridized carbons (Fsp3) is 0.143. The van der Waals surface area contributed by atoms with Crippen LogP contribution in [0.3, 0.4) is 0 Å². The second-order valence-corrected chi connectivity index (χ2v) is 3.43. The molecule has 0 aliphatic heterocycles. The van der Waals surface area contributed by atoms with Crippen molar-refractivity contribution in [3.63, 3.8) is 0 Å². The zero-order valence-corrected chi connectivity index (χ0v) is 10.0. The zero-order valence-electron chi connectivity index (χ0n) is 9.14. The molecule has 2 aromatic carbocycles. The molecule has 0 aliphatic carbocycles. The van der Waals surface area contributed by atoms with E-state index in [0.717, 1.165) is 4.90 Å². The van der Waals surface area contributed by atoms with Gasteiger partial charge in [-0.2, -0.15) is 0 Å². The van der Waals surface area contributed by atoms with E-state index >= 15 is 0 Å². The largest absolute Gasteiger partial charge is 0.143 e. The van der Waals surface area contributed by atoms with Crippen molar-refractivity contribution in [1.82, 2.24) is 0 Å². The third-order valence-electron chi connectivity index (χ3n) is 1.97. The lowest BCUT2D eigenvalue weighted by atomic mass is 10.1. The molecule has 0 fully saturated rings. The SMILES string of the molecule is CC.Sc1ccc(-c2ccccc2)cc1. The van der Waals surface area contributed by atoms with Crippen molar-refractivity contribution in [1.29, 1.82) is 0 Å². The first-order chi connectivity index (χ1) is 7.36. The summed E-state index contributed by atoms with van der Waals surface area (Å²) in [6.07, 6.45) is 0. The fourth-order valence-electron chi connectivity index (χ4n) is 1.28. The van der Waals surface area contributed by atoms with Crippen LogP contribution in [0.25, 0.3) is 11.1 Å². The van der Waals surface area contributed by atoms with Gasteiger partial charge in [-0.3, -0.25) is 0 Å². The van der Waals surface area contributed by atoms with E-state index in [1.807, 2.05) is 44.2 Å². The highest BCUT2D eigenvalue weighted by atomic mass is 32.1. The maximum absolute atomic E-state index is 4.24. The minimum absolute atomic E-state index is 1.000. The van der Waals surface area contributed by atoms with Crippen molar-refractivity contribution in [2.75, 3.05) is 0 Å². The fourth-order valence-corrected chi connectivity index (χ4v) is 1.43. The minimum atomic E-state index is 1.000. The summed E-state index contributed by atoms with van der Waals surface area (Å²) < 4.78 is 0. The molecular weight excluding hydrogens is 200 g/mol. The molecule has 0 bridgehead atoms. The van der Waals surface area contributed by atoms with Crippen molar-refractivity contribution in [3.8, 4) is 11.1 Å². The van der Waals surface area contributed by atoms with Gasteiger partial charge >= 0.3 is 0 Å². The van der Waals surface area contributed by atoms with Gasteiger partial charge in [-0.05, 0) is 23.3 Å². The first-order valence-electron chi connectivity index (χ1n) is 5.21. The van der Waals surface area contributed by atoms with E-state index in [4.69, 9.17) is 0 Å². The van der Waals surface area contributed by atoms with Gasteiger partial charge in [0.15, 0.2) is 0 Å². The Morgan fingerprint density at radius 3 is 1.67 bits per heavy atom. The van der Waals surface area contributed by atoms with Crippen molar-refractivity contribution < 1.29 is 0 Å². The van der Waals surface area contributed by atoms with Crippen molar-refractivity contribution in [2.24, 2.45) is 0 Å². The molecule has 0 nitrogen and oxygen atoms in total. The van der Waals surface area contributed by atoms with Gasteiger partial charge in [-0.15, -0.1) is 12.6 Å². The Bertz CT molecular complexity index is 376. The number of thiol groups is 1. The number of rotatable bonds is 1. The van der Waals surface area contributed by atoms with E-state index in [-0.39, 0.29) is 0 Å². The third-order valence-corrected chi connectivity index (χ3v) is 2.27. The van der Waals surface area contributed by atoms with E-state index < -0.39 is 0 Å². The molecule has 2 aromatic rings. The van der Waals surface area contributed by atoms with E-state index in [1.54, 1.807) is 0 Å². The molecule has 0 unspecified atom stereocenters. The number of hydrogen-bond acceptors (Lipinski definition) is 1. The quantitative estimate of drug-likeness (QED) is 0.658. The zero-order chi connectivity index (χ0) is 11.1. The van der Waals surface area contributed by atoms with E-state index in [2.05, 4.69) is 36.9 Å². The average Bonchev–Trinajstić information content (AvgIpc) is 2.34. The molecule has 0 radical (unpaired) electrons. The molecule has 15 heavy (non-hydrogen) atoms. The normalized spacial score (nSPS) is 9.00. The van der Waals surface area contributed by atoms with Gasteiger partial charge in [-0.25, -0.2) is 0 Å². The summed E-state index contributed by atoms with van der Waals surface area (Å²) in [6, 6.07) is 18.5. The highest BCUT2D eigenvalue weighted by molar-refractivity contribution is 7.80. The van der Waals surface area contributed by atoms with Crippen LogP contribution in [0.1, 0.15) is 13.8 Å². The summed E-state index contributed by atoms with van der Waals surface area (Å²) >= 11 is 4.24. The maximum Gasteiger partial charge on any atom is 0.00404 e. The third kappa shape index (κ3) is 3.45. The van der Waals surface area contributed by atoms with Gasteiger partial charge in [0, 0.05) is 4.90 Å². The lowest BCUT2D eigenvalue weighted by Gasteiger charge is -2.00. The Kier molecular flexibility index (Phi) is 4.99. The Morgan fingerprint density at radius 1 is 0.667 bits per heavy atom. The first-order valence-corrected chi connectivity index (χ1v) is 5.65. The van der Waals surface area contributed by atoms with Gasteiger partial charge in [0.05, 0.1) is 0 Å². The minimum Gasteiger partial charge on any atom is -0.143 e. The van der Waals surface area contributed by atoms with Crippen LogP contribution >= 0.6 is 12.6 Å². The van der Waals surface area contributed by atoms with E-state index in [1.165, 1.54) is 11.1 Å². The van der Waals surface area contributed by atoms with Crippen molar-refractivity contribution in [3.05, 3.63) is 54.6 Å². The average molecular weight is 216 g/mol. The summed E-state index contributed by atoms with van der Waals surface area (Å²) in [4.78, 5) is 1.000. The van der Waals surface area contributed by atoms with Crippen LogP contribution < -0.4 is 0 Å². The lowest BCUT2D eigenvalue weighted by Crippen LogP contribution is -1.75. The monoisotopic (exact) mass is 216 g/mol. The predicted octanol–water partition coefficient (Wildman–Crippen LogP) is 4.67. The topological polar surface area (TPSA) is 0 Å². The smallest absolute Gasteiger partial charge is 0.00404 e. The summed E-state index contributed by atoms with van der Waals surface area (Å²) in [7, 11) is 0. The molecule has 0 atom stereocenters. The van der Waals surface area contributed by atoms with Crippen LogP contribution in [0.15, 0.2) is 59.5 Å². The van der Waals surface area contributed by atoms with Gasteiger partial charge in [0.25, 0.3) is 0 Å². The molecular formula is C14H16S. The molecule has 0 amide bonds. The lowest BCUT2D eigenvalue weighted by molar-refractivity contribution is 1.47.